The van der Waals surface area contributed by atoms with Crippen LogP contribution in [0.15, 0.2) is 42.5 Å². The van der Waals surface area contributed by atoms with Gasteiger partial charge in [-0.3, -0.25) is 14.5 Å². The summed E-state index contributed by atoms with van der Waals surface area (Å²) >= 11 is 5.83. The second-order valence-electron chi connectivity index (χ2n) is 8.55. The first-order valence-electron chi connectivity index (χ1n) is 11.4. The lowest BCUT2D eigenvalue weighted by molar-refractivity contribution is -0.121. The van der Waals surface area contributed by atoms with Gasteiger partial charge in [-0.1, -0.05) is 17.7 Å². The van der Waals surface area contributed by atoms with Crippen LogP contribution in [0.5, 0.6) is 0 Å². The summed E-state index contributed by atoms with van der Waals surface area (Å²) in [6.45, 7) is 1.94. The Kier molecular flexibility index (Phi) is 7.80. The van der Waals surface area contributed by atoms with Gasteiger partial charge in [-0.05, 0) is 68.2 Å². The third-order valence-corrected chi connectivity index (χ3v) is 6.47. The quantitative estimate of drug-likeness (QED) is 0.548. The Morgan fingerprint density at radius 3 is 2.59 bits per heavy atom. The number of anilines is 1. The van der Waals surface area contributed by atoms with Crippen molar-refractivity contribution < 1.29 is 23.5 Å². The number of hydrogen-bond donors (Lipinski definition) is 2. The van der Waals surface area contributed by atoms with E-state index in [1.165, 1.54) is 11.0 Å². The van der Waals surface area contributed by atoms with Crippen molar-refractivity contribution in [1.29, 1.82) is 0 Å². The highest BCUT2D eigenvalue weighted by Crippen LogP contribution is 2.36. The number of halogens is 2. The maximum Gasteiger partial charge on any atom is 0.414 e. The van der Waals surface area contributed by atoms with Crippen molar-refractivity contribution in [1.82, 2.24) is 10.6 Å². The van der Waals surface area contributed by atoms with Gasteiger partial charge in [-0.25, -0.2) is 9.18 Å². The molecule has 180 valence electrons. The lowest BCUT2D eigenvalue weighted by Gasteiger charge is -2.27. The van der Waals surface area contributed by atoms with Gasteiger partial charge >= 0.3 is 6.09 Å². The number of nitrogens with zero attached hydrogens (tertiary/aromatic N) is 1. The van der Waals surface area contributed by atoms with Gasteiger partial charge in [0.05, 0.1) is 18.8 Å². The number of Topliss-reactive ketones (excluding diaryl/α,β-unsaturated/α-hetero) is 1. The normalized spacial score (nSPS) is 18.6. The maximum absolute atomic E-state index is 14.8. The molecule has 0 bridgehead atoms. The fourth-order valence-corrected chi connectivity index (χ4v) is 4.55. The lowest BCUT2D eigenvalue weighted by atomic mass is 9.88. The van der Waals surface area contributed by atoms with E-state index in [4.69, 9.17) is 16.3 Å². The van der Waals surface area contributed by atoms with Crippen molar-refractivity contribution in [2.45, 2.75) is 37.7 Å². The molecule has 34 heavy (non-hydrogen) atoms. The van der Waals surface area contributed by atoms with Gasteiger partial charge < -0.3 is 15.4 Å². The van der Waals surface area contributed by atoms with E-state index in [0.29, 0.717) is 21.8 Å². The maximum atomic E-state index is 14.8. The highest BCUT2D eigenvalue weighted by atomic mass is 35.5. The molecule has 0 unspecified atom stereocenters. The van der Waals surface area contributed by atoms with E-state index in [2.05, 4.69) is 10.6 Å². The van der Waals surface area contributed by atoms with E-state index in [-0.39, 0.29) is 49.4 Å². The van der Waals surface area contributed by atoms with Gasteiger partial charge in [0, 0.05) is 29.0 Å². The number of ketones is 1. The minimum atomic E-state index is -0.562. The number of cyclic esters (lactones) is 1. The van der Waals surface area contributed by atoms with Crippen LogP contribution in [0.25, 0.3) is 0 Å². The topological polar surface area (TPSA) is 87.7 Å². The van der Waals surface area contributed by atoms with Gasteiger partial charge in [-0.15, -0.1) is 0 Å². The number of rotatable bonds is 8. The lowest BCUT2D eigenvalue weighted by Crippen LogP contribution is -2.35. The molecule has 2 saturated heterocycles. The number of amides is 2. The first-order valence-corrected chi connectivity index (χ1v) is 11.8. The van der Waals surface area contributed by atoms with E-state index in [0.717, 1.165) is 25.9 Å². The van der Waals surface area contributed by atoms with E-state index in [9.17, 15) is 18.8 Å². The summed E-state index contributed by atoms with van der Waals surface area (Å²) in [4.78, 5) is 38.5. The van der Waals surface area contributed by atoms with Crippen LogP contribution in [0.1, 0.15) is 47.5 Å². The third-order valence-electron chi connectivity index (χ3n) is 6.21. The second kappa shape index (κ2) is 11.0. The zero-order valence-corrected chi connectivity index (χ0v) is 19.4. The summed E-state index contributed by atoms with van der Waals surface area (Å²) < 4.78 is 20.2. The first-order chi connectivity index (χ1) is 16.4. The molecule has 0 aromatic heterocycles. The van der Waals surface area contributed by atoms with E-state index in [1.54, 1.807) is 36.4 Å². The summed E-state index contributed by atoms with van der Waals surface area (Å²) in [5.74, 6) is -0.749. The summed E-state index contributed by atoms with van der Waals surface area (Å²) in [6.07, 6.45) is 0.559. The molecule has 2 fully saturated rings. The molecule has 9 heteroatoms. The molecule has 2 heterocycles. The van der Waals surface area contributed by atoms with Crippen LogP contribution in [0.2, 0.25) is 5.02 Å². The summed E-state index contributed by atoms with van der Waals surface area (Å²) in [7, 11) is 0. The Labute approximate surface area is 202 Å². The van der Waals surface area contributed by atoms with Crippen LogP contribution in [0.3, 0.4) is 0 Å². The fourth-order valence-electron chi connectivity index (χ4n) is 4.42. The van der Waals surface area contributed by atoms with Crippen LogP contribution >= 0.6 is 11.6 Å². The van der Waals surface area contributed by atoms with Crippen LogP contribution in [0, 0.1) is 5.82 Å². The standard InChI is InChI=1S/C25H27ClFN3O4/c26-18-6-4-16(5-7-18)22(31)8-9-23(32)29-14-19-15-30(25(33)34-19)21-3-1-2-20(27)24(21)17-10-12-28-13-11-17/h1-7,17,19,28H,8-15H2,(H,29,32)/t19-/m0/s1. The minimum absolute atomic E-state index is 0.0234. The van der Waals surface area contributed by atoms with Crippen LogP contribution in [-0.2, 0) is 9.53 Å². The summed E-state index contributed by atoms with van der Waals surface area (Å²) in [5.41, 5.74) is 1.57. The smallest absolute Gasteiger partial charge is 0.414 e. The van der Waals surface area contributed by atoms with Crippen molar-refractivity contribution in [2.75, 3.05) is 31.1 Å². The number of ether oxygens (including phenoxy) is 1. The first kappa shape index (κ1) is 24.2. The summed E-state index contributed by atoms with van der Waals surface area (Å²) in [5, 5.41) is 6.53. The minimum Gasteiger partial charge on any atom is -0.442 e. The number of hydrogen-bond acceptors (Lipinski definition) is 5. The van der Waals surface area contributed by atoms with Crippen LogP contribution < -0.4 is 15.5 Å². The van der Waals surface area contributed by atoms with E-state index in [1.807, 2.05) is 0 Å². The predicted molar refractivity (Wildman–Crippen MR) is 127 cm³/mol. The van der Waals surface area contributed by atoms with Crippen LogP contribution in [-0.4, -0.2) is 50.1 Å². The Hall–Kier alpha value is -2.97. The number of nitrogens with one attached hydrogen (secondary N) is 2. The van der Waals surface area contributed by atoms with Gasteiger partial charge in [0.15, 0.2) is 5.78 Å². The Bertz CT molecular complexity index is 1060. The zero-order chi connectivity index (χ0) is 24.1. The molecule has 0 spiro atoms. The third kappa shape index (κ3) is 5.74. The van der Waals surface area contributed by atoms with Crippen molar-refractivity contribution in [2.24, 2.45) is 0 Å². The average molecular weight is 488 g/mol. The number of benzene rings is 2. The molecule has 2 aromatic rings. The Morgan fingerprint density at radius 1 is 1.12 bits per heavy atom. The summed E-state index contributed by atoms with van der Waals surface area (Å²) in [6, 6.07) is 11.3. The molecule has 1 atom stereocenters. The number of piperidine rings is 1. The highest BCUT2D eigenvalue weighted by molar-refractivity contribution is 6.30. The molecule has 2 amide bonds. The fraction of sp³-hybridized carbons (Fsp3) is 0.400. The van der Waals surface area contributed by atoms with E-state index >= 15 is 0 Å². The predicted octanol–water partition coefficient (Wildman–Crippen LogP) is 4.05. The monoisotopic (exact) mass is 487 g/mol. The SMILES string of the molecule is O=C(CCC(=O)c1ccc(Cl)cc1)NC[C@H]1CN(c2cccc(F)c2C2CCNCC2)C(=O)O1. The van der Waals surface area contributed by atoms with Crippen molar-refractivity contribution >= 4 is 35.1 Å². The molecule has 4 rings (SSSR count). The van der Waals surface area contributed by atoms with Gasteiger partial charge in [0.25, 0.3) is 0 Å². The van der Waals surface area contributed by atoms with Gasteiger partial charge in [0.2, 0.25) is 5.91 Å². The van der Waals surface area contributed by atoms with Crippen molar-refractivity contribution in [3.63, 3.8) is 0 Å². The Balaban J connectivity index is 1.31. The molecule has 2 N–H and O–H groups in total. The van der Waals surface area contributed by atoms with E-state index < -0.39 is 12.2 Å². The molecule has 2 aliphatic rings. The molecule has 0 saturated carbocycles. The highest BCUT2D eigenvalue weighted by Gasteiger charge is 2.35. The second-order valence-corrected chi connectivity index (χ2v) is 8.98. The van der Waals surface area contributed by atoms with Crippen molar-refractivity contribution in [3.05, 3.63) is 64.4 Å². The molecular formula is C25H27ClFN3O4. The zero-order valence-electron chi connectivity index (χ0n) is 18.7. The molecule has 7 nitrogen and oxygen atoms in total. The van der Waals surface area contributed by atoms with Crippen LogP contribution in [0.4, 0.5) is 14.9 Å². The van der Waals surface area contributed by atoms with Gasteiger partial charge in [0.1, 0.15) is 11.9 Å². The number of carbonyl (C=O) groups is 3. The molecular weight excluding hydrogens is 461 g/mol. The molecule has 2 aromatic carbocycles. The Morgan fingerprint density at radius 2 is 1.85 bits per heavy atom. The largest absolute Gasteiger partial charge is 0.442 e. The average Bonchev–Trinajstić information content (AvgIpc) is 3.22. The van der Waals surface area contributed by atoms with Crippen molar-refractivity contribution in [3.8, 4) is 0 Å². The molecule has 2 aliphatic heterocycles. The number of carbonyl (C=O) groups excluding carboxylic acids is 3. The van der Waals surface area contributed by atoms with Gasteiger partial charge in [-0.2, -0.15) is 0 Å². The molecule has 0 aliphatic carbocycles. The molecule has 0 radical (unpaired) electrons.